The van der Waals surface area contributed by atoms with Crippen LogP contribution in [0.3, 0.4) is 0 Å². The molecule has 170 valence electrons. The summed E-state index contributed by atoms with van der Waals surface area (Å²) >= 11 is 0. The number of hydrogen-bond donors (Lipinski definition) is 3. The maximum absolute atomic E-state index is 13.2. The van der Waals surface area contributed by atoms with E-state index in [1.54, 1.807) is 25.1 Å². The number of piperidine rings is 1. The molecule has 3 N–H and O–H groups in total. The summed E-state index contributed by atoms with van der Waals surface area (Å²) in [6.07, 6.45) is 0.415. The van der Waals surface area contributed by atoms with Crippen LogP contribution in [0.4, 0.5) is 10.5 Å². The smallest absolute Gasteiger partial charge is 0.319 e. The second-order valence-corrected chi connectivity index (χ2v) is 8.26. The number of nitrogens with one attached hydrogen (secondary N) is 3. The molecule has 1 atom stereocenters. The summed E-state index contributed by atoms with van der Waals surface area (Å²) in [5.74, 6) is -0.442. The lowest BCUT2D eigenvalue weighted by Gasteiger charge is -2.24. The van der Waals surface area contributed by atoms with Crippen LogP contribution in [0.25, 0.3) is 10.9 Å². The zero-order valence-electron chi connectivity index (χ0n) is 18.7. The van der Waals surface area contributed by atoms with Crippen molar-refractivity contribution in [3.63, 3.8) is 0 Å². The molecule has 0 bridgehead atoms. The van der Waals surface area contributed by atoms with Gasteiger partial charge in [0, 0.05) is 18.7 Å². The van der Waals surface area contributed by atoms with Gasteiger partial charge < -0.3 is 10.6 Å². The van der Waals surface area contributed by atoms with Crippen LogP contribution in [0.2, 0.25) is 0 Å². The average Bonchev–Trinajstić information content (AvgIpc) is 2.76. The lowest BCUT2D eigenvalue weighted by molar-refractivity contribution is -0.135. The van der Waals surface area contributed by atoms with Crippen LogP contribution in [0.15, 0.2) is 41.2 Å². The molecule has 1 saturated heterocycles. The van der Waals surface area contributed by atoms with Crippen molar-refractivity contribution in [3.05, 3.63) is 69.3 Å². The molecule has 0 radical (unpaired) electrons. The van der Waals surface area contributed by atoms with E-state index in [4.69, 9.17) is 0 Å². The molecular formula is C24H25N5O4. The Bertz CT molecular complexity index is 1340. The molecular weight excluding hydrogens is 422 g/mol. The van der Waals surface area contributed by atoms with Crippen LogP contribution < -0.4 is 21.5 Å². The monoisotopic (exact) mass is 447 g/mol. The fourth-order valence-corrected chi connectivity index (χ4v) is 3.94. The number of urea groups is 1. The van der Waals surface area contributed by atoms with Gasteiger partial charge in [-0.2, -0.15) is 0 Å². The number of carbonyl (C=O) groups is 3. The largest absolute Gasteiger partial charge is 0.334 e. The van der Waals surface area contributed by atoms with Crippen molar-refractivity contribution in [2.24, 2.45) is 0 Å². The first-order valence-corrected chi connectivity index (χ1v) is 10.7. The van der Waals surface area contributed by atoms with Crippen molar-refractivity contribution in [1.29, 1.82) is 0 Å². The van der Waals surface area contributed by atoms with E-state index in [9.17, 15) is 19.2 Å². The fourth-order valence-electron chi connectivity index (χ4n) is 3.94. The van der Waals surface area contributed by atoms with Crippen molar-refractivity contribution in [2.45, 2.75) is 46.2 Å². The highest BCUT2D eigenvalue weighted by molar-refractivity contribution is 5.99. The standard InChI is InChI=1S/C24H25N5O4/c1-13-4-6-17(10-14(13)2)27-24(33)25-12-16-5-7-19-18(11-16)23(32)29(15(3)26-19)20-8-9-21(30)28-22(20)31/h4-7,10-11,20H,8-9,12H2,1-3H3,(H2,25,27,33)(H,28,30,31)/t20-/m0/s1. The van der Waals surface area contributed by atoms with Crippen LogP contribution in [0.1, 0.15) is 41.4 Å². The highest BCUT2D eigenvalue weighted by Gasteiger charge is 2.30. The van der Waals surface area contributed by atoms with Crippen molar-refractivity contribution >= 4 is 34.4 Å². The van der Waals surface area contributed by atoms with Crippen molar-refractivity contribution in [3.8, 4) is 0 Å². The number of nitrogens with zero attached hydrogens (tertiary/aromatic N) is 2. The zero-order valence-corrected chi connectivity index (χ0v) is 18.7. The van der Waals surface area contributed by atoms with E-state index in [1.165, 1.54) is 4.57 Å². The minimum Gasteiger partial charge on any atom is -0.334 e. The Kier molecular flexibility index (Phi) is 5.95. The first kappa shape index (κ1) is 22.2. The van der Waals surface area contributed by atoms with Crippen LogP contribution in [-0.2, 0) is 16.1 Å². The van der Waals surface area contributed by atoms with Gasteiger partial charge in [-0.05, 0) is 68.1 Å². The molecule has 3 aromatic rings. The Morgan fingerprint density at radius 3 is 2.61 bits per heavy atom. The highest BCUT2D eigenvalue weighted by atomic mass is 16.2. The van der Waals surface area contributed by atoms with E-state index >= 15 is 0 Å². The van der Waals surface area contributed by atoms with E-state index in [2.05, 4.69) is 20.9 Å². The van der Waals surface area contributed by atoms with Crippen molar-refractivity contribution < 1.29 is 14.4 Å². The van der Waals surface area contributed by atoms with Crippen LogP contribution in [0.5, 0.6) is 0 Å². The van der Waals surface area contributed by atoms with Crippen molar-refractivity contribution in [2.75, 3.05) is 5.32 Å². The molecule has 1 aromatic heterocycles. The van der Waals surface area contributed by atoms with E-state index < -0.39 is 11.9 Å². The Hall–Kier alpha value is -4.01. The molecule has 9 nitrogen and oxygen atoms in total. The second-order valence-electron chi connectivity index (χ2n) is 8.26. The van der Waals surface area contributed by atoms with Gasteiger partial charge in [-0.1, -0.05) is 12.1 Å². The van der Waals surface area contributed by atoms with E-state index in [0.717, 1.165) is 16.7 Å². The summed E-state index contributed by atoms with van der Waals surface area (Å²) in [5, 5.41) is 8.21. The minimum atomic E-state index is -0.780. The van der Waals surface area contributed by atoms with E-state index in [-0.39, 0.29) is 36.9 Å². The van der Waals surface area contributed by atoms with E-state index in [0.29, 0.717) is 22.4 Å². The van der Waals surface area contributed by atoms with E-state index in [1.807, 2.05) is 32.0 Å². The number of amides is 4. The van der Waals surface area contributed by atoms with Gasteiger partial charge in [0.1, 0.15) is 11.9 Å². The maximum atomic E-state index is 13.2. The molecule has 0 spiro atoms. The average molecular weight is 447 g/mol. The van der Waals surface area contributed by atoms with Gasteiger partial charge in [-0.15, -0.1) is 0 Å². The Morgan fingerprint density at radius 2 is 1.88 bits per heavy atom. The molecule has 2 aromatic carbocycles. The van der Waals surface area contributed by atoms with Gasteiger partial charge in [0.2, 0.25) is 11.8 Å². The predicted molar refractivity (Wildman–Crippen MR) is 124 cm³/mol. The Labute approximate surface area is 190 Å². The fraction of sp³-hybridized carbons (Fsp3) is 0.292. The number of fused-ring (bicyclic) bond motifs is 1. The number of benzene rings is 2. The summed E-state index contributed by atoms with van der Waals surface area (Å²) in [6.45, 7) is 5.85. The maximum Gasteiger partial charge on any atom is 0.319 e. The number of anilines is 1. The molecule has 2 heterocycles. The molecule has 9 heteroatoms. The molecule has 0 aliphatic carbocycles. The predicted octanol–water partition coefficient (Wildman–Crippen LogP) is 2.62. The molecule has 33 heavy (non-hydrogen) atoms. The lowest BCUT2D eigenvalue weighted by Crippen LogP contribution is -2.45. The van der Waals surface area contributed by atoms with Crippen molar-refractivity contribution in [1.82, 2.24) is 20.2 Å². The second kappa shape index (κ2) is 8.85. The Morgan fingerprint density at radius 1 is 1.09 bits per heavy atom. The van der Waals surface area contributed by atoms with Gasteiger partial charge in [-0.25, -0.2) is 9.78 Å². The first-order valence-electron chi connectivity index (χ1n) is 10.7. The summed E-state index contributed by atoms with van der Waals surface area (Å²) in [4.78, 5) is 53.8. The van der Waals surface area contributed by atoms with Crippen LogP contribution in [-0.4, -0.2) is 27.4 Å². The molecule has 4 amide bonds. The Balaban J connectivity index is 1.54. The van der Waals surface area contributed by atoms with Gasteiger partial charge >= 0.3 is 6.03 Å². The normalized spacial score (nSPS) is 15.9. The third kappa shape index (κ3) is 4.62. The number of aryl methyl sites for hydroxylation is 3. The van der Waals surface area contributed by atoms with Crippen LogP contribution >= 0.6 is 0 Å². The third-order valence-electron chi connectivity index (χ3n) is 5.88. The minimum absolute atomic E-state index is 0.167. The number of rotatable bonds is 4. The highest BCUT2D eigenvalue weighted by Crippen LogP contribution is 2.20. The molecule has 0 saturated carbocycles. The molecule has 0 unspecified atom stereocenters. The number of carbonyl (C=O) groups excluding carboxylic acids is 3. The summed E-state index contributed by atoms with van der Waals surface area (Å²) in [5.41, 5.74) is 3.79. The van der Waals surface area contributed by atoms with Gasteiger partial charge in [-0.3, -0.25) is 24.3 Å². The zero-order chi connectivity index (χ0) is 23.7. The first-order chi connectivity index (χ1) is 15.7. The van der Waals surface area contributed by atoms with Gasteiger partial charge in [0.05, 0.1) is 10.9 Å². The molecule has 1 aliphatic heterocycles. The summed E-state index contributed by atoms with van der Waals surface area (Å²) in [7, 11) is 0. The lowest BCUT2D eigenvalue weighted by atomic mass is 10.0. The SMILES string of the molecule is Cc1ccc(NC(=O)NCc2ccc3nc(C)n([C@H]4CCC(=O)NC4=O)c(=O)c3c2)cc1C. The third-order valence-corrected chi connectivity index (χ3v) is 5.88. The summed E-state index contributed by atoms with van der Waals surface area (Å²) in [6, 6.07) is 9.72. The van der Waals surface area contributed by atoms with Crippen LogP contribution in [0, 0.1) is 20.8 Å². The molecule has 1 aliphatic rings. The molecule has 1 fully saturated rings. The molecule has 4 rings (SSSR count). The quantitative estimate of drug-likeness (QED) is 0.531. The topological polar surface area (TPSA) is 122 Å². The van der Waals surface area contributed by atoms with Gasteiger partial charge in [0.15, 0.2) is 0 Å². The number of aromatic nitrogens is 2. The summed E-state index contributed by atoms with van der Waals surface area (Å²) < 4.78 is 1.34. The number of imide groups is 1. The van der Waals surface area contributed by atoms with Gasteiger partial charge in [0.25, 0.3) is 5.56 Å². The number of hydrogen-bond acceptors (Lipinski definition) is 5.